The van der Waals surface area contributed by atoms with Gasteiger partial charge in [-0.1, -0.05) is 45.9 Å². The van der Waals surface area contributed by atoms with Gasteiger partial charge in [0.15, 0.2) is 0 Å². The van der Waals surface area contributed by atoms with E-state index in [1.54, 1.807) is 7.11 Å². The number of para-hydroxylation sites is 1. The Labute approximate surface area is 124 Å². The van der Waals surface area contributed by atoms with Gasteiger partial charge in [-0.2, -0.15) is 0 Å². The van der Waals surface area contributed by atoms with Crippen molar-refractivity contribution in [2.75, 3.05) is 20.2 Å². The van der Waals surface area contributed by atoms with E-state index in [2.05, 4.69) is 51.2 Å². The molecule has 1 aromatic carbocycles. The topological polar surface area (TPSA) is 21.3 Å². The molecule has 0 aliphatic heterocycles. The second-order valence-electron chi connectivity index (χ2n) is 6.22. The van der Waals surface area contributed by atoms with Crippen LogP contribution in [-0.2, 0) is 6.42 Å². The van der Waals surface area contributed by atoms with Crippen molar-refractivity contribution in [2.45, 2.75) is 47.0 Å². The lowest BCUT2D eigenvalue weighted by molar-refractivity contribution is 0.240. The largest absolute Gasteiger partial charge is 0.496 e. The van der Waals surface area contributed by atoms with E-state index in [0.717, 1.165) is 25.3 Å². The third-order valence-corrected chi connectivity index (χ3v) is 4.31. The van der Waals surface area contributed by atoms with E-state index in [1.807, 2.05) is 6.07 Å². The first-order valence-electron chi connectivity index (χ1n) is 7.89. The minimum Gasteiger partial charge on any atom is -0.496 e. The Balaban J connectivity index is 2.79. The summed E-state index contributed by atoms with van der Waals surface area (Å²) in [6, 6.07) is 8.41. The van der Waals surface area contributed by atoms with Crippen molar-refractivity contribution in [3.8, 4) is 5.75 Å². The summed E-state index contributed by atoms with van der Waals surface area (Å²) in [5.41, 5.74) is 1.65. The van der Waals surface area contributed by atoms with Crippen molar-refractivity contribution in [1.82, 2.24) is 5.32 Å². The van der Waals surface area contributed by atoms with Crippen LogP contribution in [0, 0.1) is 11.3 Å². The highest BCUT2D eigenvalue weighted by Crippen LogP contribution is 2.33. The SMILES string of the molecule is CCC(CC)(CNCC(C)C)Cc1ccccc1OC. The van der Waals surface area contributed by atoms with Crippen molar-refractivity contribution < 1.29 is 4.74 Å². The van der Waals surface area contributed by atoms with Gasteiger partial charge >= 0.3 is 0 Å². The van der Waals surface area contributed by atoms with E-state index in [9.17, 15) is 0 Å². The second kappa shape index (κ2) is 8.31. The van der Waals surface area contributed by atoms with Crippen LogP contribution >= 0.6 is 0 Å². The summed E-state index contributed by atoms with van der Waals surface area (Å²) in [7, 11) is 1.76. The molecule has 0 radical (unpaired) electrons. The van der Waals surface area contributed by atoms with Crippen LogP contribution in [0.2, 0.25) is 0 Å². The standard InChI is InChI=1S/C18H31NO/c1-6-18(7-2,14-19-13-15(3)4)12-16-10-8-9-11-17(16)20-5/h8-11,15,19H,6-7,12-14H2,1-5H3. The van der Waals surface area contributed by atoms with Gasteiger partial charge in [0.2, 0.25) is 0 Å². The molecule has 0 heterocycles. The first-order valence-corrected chi connectivity index (χ1v) is 7.89. The molecule has 0 unspecified atom stereocenters. The van der Waals surface area contributed by atoms with Gasteiger partial charge in [0.1, 0.15) is 5.75 Å². The Morgan fingerprint density at radius 1 is 1.15 bits per heavy atom. The highest BCUT2D eigenvalue weighted by Gasteiger charge is 2.27. The third kappa shape index (κ3) is 4.82. The molecule has 114 valence electrons. The number of hydrogen-bond donors (Lipinski definition) is 1. The zero-order chi connectivity index (χ0) is 15.0. The van der Waals surface area contributed by atoms with E-state index in [0.29, 0.717) is 11.3 Å². The summed E-state index contributed by atoms with van der Waals surface area (Å²) in [6.45, 7) is 11.3. The van der Waals surface area contributed by atoms with Crippen molar-refractivity contribution >= 4 is 0 Å². The summed E-state index contributed by atoms with van der Waals surface area (Å²) in [5, 5.41) is 3.64. The molecule has 0 saturated heterocycles. The molecule has 0 atom stereocenters. The number of methoxy groups -OCH3 is 1. The monoisotopic (exact) mass is 277 g/mol. The molecule has 2 nitrogen and oxygen atoms in total. The summed E-state index contributed by atoms with van der Waals surface area (Å²) in [5.74, 6) is 1.72. The lowest BCUT2D eigenvalue weighted by atomic mass is 9.76. The van der Waals surface area contributed by atoms with E-state index in [-0.39, 0.29) is 0 Å². The third-order valence-electron chi connectivity index (χ3n) is 4.31. The van der Waals surface area contributed by atoms with Gasteiger partial charge in [0, 0.05) is 6.54 Å². The molecule has 0 amide bonds. The average molecular weight is 277 g/mol. The fraction of sp³-hybridized carbons (Fsp3) is 0.667. The van der Waals surface area contributed by atoms with Gasteiger partial charge in [0.25, 0.3) is 0 Å². The predicted octanol–water partition coefficient (Wildman–Crippen LogP) is 4.29. The van der Waals surface area contributed by atoms with E-state index in [1.165, 1.54) is 18.4 Å². The molecule has 1 aromatic rings. The summed E-state index contributed by atoms with van der Waals surface area (Å²) in [4.78, 5) is 0. The quantitative estimate of drug-likeness (QED) is 0.727. The fourth-order valence-corrected chi connectivity index (χ4v) is 2.69. The number of benzene rings is 1. The second-order valence-corrected chi connectivity index (χ2v) is 6.22. The number of rotatable bonds is 9. The van der Waals surface area contributed by atoms with E-state index >= 15 is 0 Å². The van der Waals surface area contributed by atoms with Crippen molar-refractivity contribution in [3.05, 3.63) is 29.8 Å². The summed E-state index contributed by atoms with van der Waals surface area (Å²) >= 11 is 0. The zero-order valence-electron chi connectivity index (χ0n) is 13.8. The van der Waals surface area contributed by atoms with Crippen LogP contribution in [0.1, 0.15) is 46.1 Å². The Morgan fingerprint density at radius 2 is 1.80 bits per heavy atom. The van der Waals surface area contributed by atoms with Gasteiger partial charge in [-0.3, -0.25) is 0 Å². The first-order chi connectivity index (χ1) is 9.56. The minimum atomic E-state index is 0.323. The predicted molar refractivity (Wildman–Crippen MR) is 87.4 cm³/mol. The van der Waals surface area contributed by atoms with Crippen LogP contribution in [0.5, 0.6) is 5.75 Å². The van der Waals surface area contributed by atoms with Gasteiger partial charge in [-0.25, -0.2) is 0 Å². The lowest BCUT2D eigenvalue weighted by Crippen LogP contribution is -2.37. The minimum absolute atomic E-state index is 0.323. The van der Waals surface area contributed by atoms with Crippen LogP contribution in [0.3, 0.4) is 0 Å². The average Bonchev–Trinajstić information content (AvgIpc) is 2.46. The molecule has 1 N–H and O–H groups in total. The lowest BCUT2D eigenvalue weighted by Gasteiger charge is -2.33. The van der Waals surface area contributed by atoms with Crippen molar-refractivity contribution in [1.29, 1.82) is 0 Å². The van der Waals surface area contributed by atoms with Gasteiger partial charge in [-0.15, -0.1) is 0 Å². The maximum Gasteiger partial charge on any atom is 0.122 e. The smallest absolute Gasteiger partial charge is 0.122 e. The molecule has 0 saturated carbocycles. The summed E-state index contributed by atoms with van der Waals surface area (Å²) in [6.07, 6.45) is 3.45. The van der Waals surface area contributed by atoms with Crippen LogP contribution in [-0.4, -0.2) is 20.2 Å². The molecule has 0 fully saturated rings. The maximum absolute atomic E-state index is 5.50. The van der Waals surface area contributed by atoms with E-state index < -0.39 is 0 Å². The highest BCUT2D eigenvalue weighted by atomic mass is 16.5. The number of nitrogens with one attached hydrogen (secondary N) is 1. The Morgan fingerprint density at radius 3 is 2.35 bits per heavy atom. The maximum atomic E-state index is 5.50. The van der Waals surface area contributed by atoms with Gasteiger partial charge in [-0.05, 0) is 48.8 Å². The Kier molecular flexibility index (Phi) is 7.08. The summed E-state index contributed by atoms with van der Waals surface area (Å²) < 4.78 is 5.50. The van der Waals surface area contributed by atoms with Gasteiger partial charge in [0.05, 0.1) is 7.11 Å². The molecule has 1 rings (SSSR count). The van der Waals surface area contributed by atoms with Crippen LogP contribution in [0.4, 0.5) is 0 Å². The normalized spacial score (nSPS) is 11.9. The Hall–Kier alpha value is -1.02. The number of ether oxygens (including phenoxy) is 1. The van der Waals surface area contributed by atoms with Crippen LogP contribution in [0.25, 0.3) is 0 Å². The van der Waals surface area contributed by atoms with Crippen molar-refractivity contribution in [2.24, 2.45) is 11.3 Å². The zero-order valence-corrected chi connectivity index (χ0v) is 13.8. The first kappa shape index (κ1) is 17.0. The molecule has 20 heavy (non-hydrogen) atoms. The van der Waals surface area contributed by atoms with E-state index in [4.69, 9.17) is 4.74 Å². The molecular weight excluding hydrogens is 246 g/mol. The molecule has 0 aliphatic rings. The van der Waals surface area contributed by atoms with Crippen molar-refractivity contribution in [3.63, 3.8) is 0 Å². The molecule has 2 heteroatoms. The van der Waals surface area contributed by atoms with Crippen LogP contribution in [0.15, 0.2) is 24.3 Å². The molecule has 0 bridgehead atoms. The number of hydrogen-bond acceptors (Lipinski definition) is 2. The van der Waals surface area contributed by atoms with Crippen LogP contribution < -0.4 is 10.1 Å². The molecule has 0 aliphatic carbocycles. The molecular formula is C18H31NO. The highest BCUT2D eigenvalue weighted by molar-refractivity contribution is 5.34. The fourth-order valence-electron chi connectivity index (χ4n) is 2.69. The molecule has 0 aromatic heterocycles. The Bertz CT molecular complexity index is 383. The molecule has 0 spiro atoms. The van der Waals surface area contributed by atoms with Gasteiger partial charge < -0.3 is 10.1 Å².